The van der Waals surface area contributed by atoms with Crippen LogP contribution in [0.1, 0.15) is 51.7 Å². The highest BCUT2D eigenvalue weighted by molar-refractivity contribution is 5.19. The first-order chi connectivity index (χ1) is 10.5. The summed E-state index contributed by atoms with van der Waals surface area (Å²) in [4.78, 5) is 0. The number of aliphatic hydroxyl groups is 1. The van der Waals surface area contributed by atoms with Crippen molar-refractivity contribution >= 4 is 0 Å². The summed E-state index contributed by atoms with van der Waals surface area (Å²) in [7, 11) is 0. The van der Waals surface area contributed by atoms with Gasteiger partial charge in [-0.3, -0.25) is 0 Å². The first-order valence-electron chi connectivity index (χ1n) is 8.27. The fourth-order valence-corrected chi connectivity index (χ4v) is 2.96. The lowest BCUT2D eigenvalue weighted by Gasteiger charge is -2.30. The Kier molecular flexibility index (Phi) is 5.98. The molecule has 2 rings (SSSR count). The Bertz CT molecular complexity index is 516. The second-order valence-corrected chi connectivity index (χ2v) is 7.14. The third-order valence-electron chi connectivity index (χ3n) is 4.31. The van der Waals surface area contributed by atoms with Crippen LogP contribution in [0.3, 0.4) is 0 Å². The number of hydrogen-bond acceptors (Lipinski definition) is 2. The van der Waals surface area contributed by atoms with Crippen LogP contribution in [-0.4, -0.2) is 17.7 Å². The molecular weight excluding hydrogens is 270 g/mol. The van der Waals surface area contributed by atoms with Crippen molar-refractivity contribution < 1.29 is 5.11 Å². The van der Waals surface area contributed by atoms with Gasteiger partial charge in [-0.15, -0.1) is 0 Å². The fourth-order valence-electron chi connectivity index (χ4n) is 2.96. The van der Waals surface area contributed by atoms with Gasteiger partial charge in [0.15, 0.2) is 0 Å². The highest BCUT2D eigenvalue weighted by Crippen LogP contribution is 2.29. The van der Waals surface area contributed by atoms with Crippen LogP contribution in [0.2, 0.25) is 0 Å². The molecule has 2 heteroatoms. The van der Waals surface area contributed by atoms with Crippen LogP contribution in [0.4, 0.5) is 0 Å². The Balaban J connectivity index is 1.84. The fraction of sp³-hybridized carbons (Fsp3) is 0.500. The molecule has 1 aliphatic carbocycles. The van der Waals surface area contributed by atoms with Gasteiger partial charge in [-0.1, -0.05) is 68.0 Å². The molecule has 0 fully saturated rings. The van der Waals surface area contributed by atoms with Gasteiger partial charge in [-0.05, 0) is 37.2 Å². The Labute approximate surface area is 134 Å². The molecule has 0 radical (unpaired) electrons. The Morgan fingerprint density at radius 3 is 2.55 bits per heavy atom. The third kappa shape index (κ3) is 5.11. The summed E-state index contributed by atoms with van der Waals surface area (Å²) in [5, 5.41) is 13.9. The van der Waals surface area contributed by atoms with Crippen LogP contribution in [0, 0.1) is 5.41 Å². The molecule has 1 aromatic rings. The molecule has 0 saturated heterocycles. The van der Waals surface area contributed by atoms with Gasteiger partial charge in [0.2, 0.25) is 0 Å². The van der Waals surface area contributed by atoms with Crippen molar-refractivity contribution in [2.24, 2.45) is 5.41 Å². The van der Waals surface area contributed by atoms with Crippen molar-refractivity contribution in [3.05, 3.63) is 59.7 Å². The van der Waals surface area contributed by atoms with Gasteiger partial charge in [-0.2, -0.15) is 0 Å². The van der Waals surface area contributed by atoms with Crippen molar-refractivity contribution in [3.8, 4) is 0 Å². The highest BCUT2D eigenvalue weighted by Gasteiger charge is 2.23. The zero-order chi connectivity index (χ0) is 16.0. The Morgan fingerprint density at radius 2 is 1.91 bits per heavy atom. The summed E-state index contributed by atoms with van der Waals surface area (Å²) >= 11 is 0. The standard InChI is InChI=1S/C20H29NO/c1-16(19(22)18-12-8-5-9-13-18)21-15-20(2,3)14-17-10-6-4-7-11-17/h4-6,8-9,11-13,16,19,21-22H,7,10,14-15H2,1-3H3/t16-,19-/m0/s1. The smallest absolute Gasteiger partial charge is 0.0940 e. The summed E-state index contributed by atoms with van der Waals surface area (Å²) in [5.41, 5.74) is 2.70. The minimum atomic E-state index is -0.464. The molecule has 0 aromatic heterocycles. The number of rotatable bonds is 7. The molecule has 0 spiro atoms. The van der Waals surface area contributed by atoms with E-state index in [0.717, 1.165) is 31.4 Å². The normalized spacial score (nSPS) is 17.9. The van der Waals surface area contributed by atoms with Crippen LogP contribution in [0.5, 0.6) is 0 Å². The highest BCUT2D eigenvalue weighted by atomic mass is 16.3. The number of aliphatic hydroxyl groups excluding tert-OH is 1. The first kappa shape index (κ1) is 17.0. The lowest BCUT2D eigenvalue weighted by atomic mass is 9.83. The maximum Gasteiger partial charge on any atom is 0.0940 e. The van der Waals surface area contributed by atoms with E-state index >= 15 is 0 Å². The second-order valence-electron chi connectivity index (χ2n) is 7.14. The van der Waals surface area contributed by atoms with Crippen molar-refractivity contribution in [2.45, 2.75) is 52.2 Å². The van der Waals surface area contributed by atoms with Crippen molar-refractivity contribution in [2.75, 3.05) is 6.54 Å². The van der Waals surface area contributed by atoms with E-state index in [-0.39, 0.29) is 11.5 Å². The number of hydrogen-bond donors (Lipinski definition) is 2. The van der Waals surface area contributed by atoms with Crippen LogP contribution in [0.25, 0.3) is 0 Å². The molecule has 0 saturated carbocycles. The molecule has 0 heterocycles. The molecule has 120 valence electrons. The minimum Gasteiger partial charge on any atom is -0.387 e. The van der Waals surface area contributed by atoms with E-state index in [4.69, 9.17) is 0 Å². The topological polar surface area (TPSA) is 32.3 Å². The SMILES string of the molecule is C[C@H](NCC(C)(C)CC1=CCC=CC1)[C@H](O)c1ccccc1. The van der Waals surface area contributed by atoms with E-state index in [1.165, 1.54) is 5.57 Å². The van der Waals surface area contributed by atoms with Gasteiger partial charge in [0.05, 0.1) is 6.10 Å². The molecule has 1 aromatic carbocycles. The van der Waals surface area contributed by atoms with Crippen molar-refractivity contribution in [3.63, 3.8) is 0 Å². The lowest BCUT2D eigenvalue weighted by Crippen LogP contribution is -2.39. The minimum absolute atomic E-state index is 0.0434. The Morgan fingerprint density at radius 1 is 1.18 bits per heavy atom. The van der Waals surface area contributed by atoms with Gasteiger partial charge in [-0.25, -0.2) is 0 Å². The molecule has 0 aliphatic heterocycles. The summed E-state index contributed by atoms with van der Waals surface area (Å²) < 4.78 is 0. The lowest BCUT2D eigenvalue weighted by molar-refractivity contribution is 0.128. The van der Waals surface area contributed by atoms with E-state index in [1.807, 2.05) is 30.3 Å². The third-order valence-corrected chi connectivity index (χ3v) is 4.31. The predicted molar refractivity (Wildman–Crippen MR) is 93.7 cm³/mol. The van der Waals surface area contributed by atoms with E-state index in [2.05, 4.69) is 44.3 Å². The monoisotopic (exact) mass is 299 g/mol. The van der Waals surface area contributed by atoms with Gasteiger partial charge < -0.3 is 10.4 Å². The van der Waals surface area contributed by atoms with Crippen molar-refractivity contribution in [1.29, 1.82) is 0 Å². The molecule has 22 heavy (non-hydrogen) atoms. The number of allylic oxidation sites excluding steroid dienone is 4. The van der Waals surface area contributed by atoms with Gasteiger partial charge in [0.1, 0.15) is 0 Å². The zero-order valence-electron chi connectivity index (χ0n) is 14.0. The molecule has 1 aliphatic rings. The molecule has 2 nitrogen and oxygen atoms in total. The maximum atomic E-state index is 10.4. The van der Waals surface area contributed by atoms with E-state index in [0.29, 0.717) is 0 Å². The molecule has 2 N–H and O–H groups in total. The van der Waals surface area contributed by atoms with Gasteiger partial charge in [0.25, 0.3) is 0 Å². The summed E-state index contributed by atoms with van der Waals surface area (Å²) in [6.07, 6.45) is 9.65. The Hall–Kier alpha value is -1.38. The quantitative estimate of drug-likeness (QED) is 0.732. The summed E-state index contributed by atoms with van der Waals surface area (Å²) in [6, 6.07) is 9.92. The van der Waals surface area contributed by atoms with E-state index in [9.17, 15) is 5.11 Å². The van der Waals surface area contributed by atoms with Crippen molar-refractivity contribution in [1.82, 2.24) is 5.32 Å². The van der Waals surface area contributed by atoms with Gasteiger partial charge in [0, 0.05) is 12.6 Å². The molecule has 2 atom stereocenters. The average molecular weight is 299 g/mol. The van der Waals surface area contributed by atoms with E-state index in [1.54, 1.807) is 0 Å². The summed E-state index contributed by atoms with van der Waals surface area (Å²) in [5.74, 6) is 0. The molecule has 0 bridgehead atoms. The average Bonchev–Trinajstić information content (AvgIpc) is 2.53. The van der Waals surface area contributed by atoms with Gasteiger partial charge >= 0.3 is 0 Å². The van der Waals surface area contributed by atoms with Crippen LogP contribution < -0.4 is 5.32 Å². The number of nitrogens with one attached hydrogen (secondary N) is 1. The largest absolute Gasteiger partial charge is 0.387 e. The molecule has 0 amide bonds. The second kappa shape index (κ2) is 7.75. The summed E-state index contributed by atoms with van der Waals surface area (Å²) in [6.45, 7) is 7.54. The van der Waals surface area contributed by atoms with Crippen LogP contribution >= 0.6 is 0 Å². The predicted octanol–water partition coefficient (Wildman–Crippen LogP) is 4.39. The number of benzene rings is 1. The van der Waals surface area contributed by atoms with Crippen LogP contribution in [0.15, 0.2) is 54.1 Å². The zero-order valence-corrected chi connectivity index (χ0v) is 14.0. The molecular formula is C20H29NO. The molecule has 0 unspecified atom stereocenters. The first-order valence-corrected chi connectivity index (χ1v) is 8.27. The van der Waals surface area contributed by atoms with Crippen LogP contribution in [-0.2, 0) is 0 Å². The maximum absolute atomic E-state index is 10.4. The van der Waals surface area contributed by atoms with E-state index < -0.39 is 6.10 Å².